The van der Waals surface area contributed by atoms with Crippen LogP contribution in [0.1, 0.15) is 69.2 Å². The van der Waals surface area contributed by atoms with E-state index < -0.39 is 5.60 Å². The number of fused-ring (bicyclic) bond motifs is 1. The lowest BCUT2D eigenvalue weighted by Gasteiger charge is -2.40. The Morgan fingerprint density at radius 2 is 1.82 bits per heavy atom. The standard InChI is InChI=1S/C28H31BrN2O3/c1-5-21-23(29)7-6-8-24(21)31-25(20-15-30(16-20)27(33)34-28(2,3)4)14-19-13-18(17-9-10-17)11-12-22(19)26(31)32/h6-8,11-14,17,20H,5,9-10,15-16H2,1-4H3. The first kappa shape index (κ1) is 23.2. The van der Waals surface area contributed by atoms with E-state index in [1.165, 1.54) is 18.4 Å². The van der Waals surface area contributed by atoms with Gasteiger partial charge in [-0.2, -0.15) is 0 Å². The molecule has 0 unspecified atom stereocenters. The summed E-state index contributed by atoms with van der Waals surface area (Å²) < 4.78 is 8.42. The van der Waals surface area contributed by atoms with Crippen molar-refractivity contribution < 1.29 is 9.53 Å². The van der Waals surface area contributed by atoms with E-state index in [1.54, 1.807) is 4.90 Å². The van der Waals surface area contributed by atoms with Gasteiger partial charge in [0.15, 0.2) is 0 Å². The van der Waals surface area contributed by atoms with Gasteiger partial charge in [0, 0.05) is 34.6 Å². The van der Waals surface area contributed by atoms with Crippen LogP contribution in [0.25, 0.3) is 16.5 Å². The maximum atomic E-state index is 13.9. The van der Waals surface area contributed by atoms with Gasteiger partial charge in [0.25, 0.3) is 5.56 Å². The zero-order valence-electron chi connectivity index (χ0n) is 20.2. The predicted molar refractivity (Wildman–Crippen MR) is 139 cm³/mol. The van der Waals surface area contributed by atoms with Crippen molar-refractivity contribution in [3.63, 3.8) is 0 Å². The zero-order valence-corrected chi connectivity index (χ0v) is 21.8. The molecule has 1 saturated carbocycles. The highest BCUT2D eigenvalue weighted by Gasteiger charge is 2.37. The first-order valence-corrected chi connectivity index (χ1v) is 12.9. The molecule has 1 aliphatic heterocycles. The van der Waals surface area contributed by atoms with Crippen LogP contribution < -0.4 is 5.56 Å². The second-order valence-corrected chi connectivity index (χ2v) is 11.4. The third-order valence-corrected chi connectivity index (χ3v) is 7.50. The summed E-state index contributed by atoms with van der Waals surface area (Å²) in [7, 11) is 0. The lowest BCUT2D eigenvalue weighted by molar-refractivity contribution is 0.00770. The van der Waals surface area contributed by atoms with E-state index in [0.717, 1.165) is 38.6 Å². The lowest BCUT2D eigenvalue weighted by atomic mass is 9.93. The molecule has 2 aliphatic rings. The number of halogens is 1. The number of rotatable bonds is 4. The molecule has 1 aromatic heterocycles. The summed E-state index contributed by atoms with van der Waals surface area (Å²) in [6.07, 6.45) is 2.95. The Bertz CT molecular complexity index is 1330. The number of hydrogen-bond donors (Lipinski definition) is 0. The molecule has 0 radical (unpaired) electrons. The zero-order chi connectivity index (χ0) is 24.2. The van der Waals surface area contributed by atoms with Crippen LogP contribution in [0.5, 0.6) is 0 Å². The van der Waals surface area contributed by atoms with E-state index in [-0.39, 0.29) is 17.6 Å². The topological polar surface area (TPSA) is 51.5 Å². The normalized spacial score (nSPS) is 16.6. The third-order valence-electron chi connectivity index (χ3n) is 6.76. The van der Waals surface area contributed by atoms with Crippen LogP contribution in [-0.4, -0.2) is 34.3 Å². The smallest absolute Gasteiger partial charge is 0.410 e. The summed E-state index contributed by atoms with van der Waals surface area (Å²) >= 11 is 3.68. The molecule has 5 rings (SSSR count). The van der Waals surface area contributed by atoms with E-state index in [4.69, 9.17) is 4.74 Å². The van der Waals surface area contributed by atoms with Crippen LogP contribution in [0.2, 0.25) is 0 Å². The van der Waals surface area contributed by atoms with Crippen LogP contribution in [0.15, 0.2) is 51.7 Å². The average molecular weight is 523 g/mol. The minimum atomic E-state index is -0.529. The van der Waals surface area contributed by atoms with Gasteiger partial charge in [-0.05, 0) is 86.7 Å². The first-order chi connectivity index (χ1) is 16.2. The van der Waals surface area contributed by atoms with Crippen LogP contribution in [0.3, 0.4) is 0 Å². The van der Waals surface area contributed by atoms with Gasteiger partial charge in [0.05, 0.1) is 5.69 Å². The lowest BCUT2D eigenvalue weighted by Crippen LogP contribution is -2.51. The van der Waals surface area contributed by atoms with Crippen molar-refractivity contribution in [1.82, 2.24) is 9.47 Å². The van der Waals surface area contributed by atoms with Crippen molar-refractivity contribution in [2.75, 3.05) is 13.1 Å². The van der Waals surface area contributed by atoms with Crippen molar-refractivity contribution in [2.24, 2.45) is 0 Å². The molecule has 0 spiro atoms. The molecule has 1 saturated heterocycles. The summed E-state index contributed by atoms with van der Waals surface area (Å²) in [4.78, 5) is 28.2. The second-order valence-electron chi connectivity index (χ2n) is 10.5. The van der Waals surface area contributed by atoms with E-state index in [1.807, 2.05) is 49.6 Å². The molecule has 0 atom stereocenters. The molecule has 3 aromatic rings. The molecular weight excluding hydrogens is 492 g/mol. The van der Waals surface area contributed by atoms with Crippen LogP contribution in [0, 0.1) is 0 Å². The van der Waals surface area contributed by atoms with Crippen molar-refractivity contribution in [3.8, 4) is 5.69 Å². The minimum Gasteiger partial charge on any atom is -0.444 e. The van der Waals surface area contributed by atoms with E-state index in [2.05, 4.69) is 41.1 Å². The number of carbonyl (C=O) groups excluding carboxylic acids is 1. The third kappa shape index (κ3) is 4.28. The van der Waals surface area contributed by atoms with Crippen molar-refractivity contribution in [3.05, 3.63) is 74.1 Å². The number of benzene rings is 2. The highest BCUT2D eigenvalue weighted by atomic mass is 79.9. The number of nitrogens with zero attached hydrogens (tertiary/aromatic N) is 2. The van der Waals surface area contributed by atoms with Crippen molar-refractivity contribution in [1.29, 1.82) is 0 Å². The Hall–Kier alpha value is -2.60. The van der Waals surface area contributed by atoms with E-state index in [9.17, 15) is 9.59 Å². The summed E-state index contributed by atoms with van der Waals surface area (Å²) in [5.41, 5.74) is 3.75. The highest BCUT2D eigenvalue weighted by Crippen LogP contribution is 2.41. The molecule has 0 N–H and O–H groups in total. The number of aromatic nitrogens is 1. The fourth-order valence-corrected chi connectivity index (χ4v) is 5.46. The number of amides is 1. The Balaban J connectivity index is 1.61. The van der Waals surface area contributed by atoms with E-state index >= 15 is 0 Å². The minimum absolute atomic E-state index is 0.00151. The molecular formula is C28H31BrN2O3. The molecule has 1 amide bonds. The first-order valence-electron chi connectivity index (χ1n) is 12.1. The van der Waals surface area contributed by atoms with Gasteiger partial charge < -0.3 is 9.64 Å². The monoisotopic (exact) mass is 522 g/mol. The number of hydrogen-bond acceptors (Lipinski definition) is 3. The number of ether oxygens (including phenoxy) is 1. The fraction of sp³-hybridized carbons (Fsp3) is 0.429. The van der Waals surface area contributed by atoms with Crippen LogP contribution >= 0.6 is 15.9 Å². The molecule has 2 fully saturated rings. The van der Waals surface area contributed by atoms with Crippen LogP contribution in [0.4, 0.5) is 4.79 Å². The number of carbonyl (C=O) groups is 1. The Kier molecular flexibility index (Phi) is 5.83. The van der Waals surface area contributed by atoms with Crippen LogP contribution in [-0.2, 0) is 11.2 Å². The predicted octanol–water partition coefficient (Wildman–Crippen LogP) is 6.53. The quantitative estimate of drug-likeness (QED) is 0.391. The molecule has 5 nitrogen and oxygen atoms in total. The van der Waals surface area contributed by atoms with Gasteiger partial charge in [-0.25, -0.2) is 4.79 Å². The van der Waals surface area contributed by atoms with Gasteiger partial charge >= 0.3 is 6.09 Å². The summed E-state index contributed by atoms with van der Waals surface area (Å²) in [6.45, 7) is 8.81. The Morgan fingerprint density at radius 3 is 2.47 bits per heavy atom. The van der Waals surface area contributed by atoms with E-state index in [0.29, 0.717) is 19.0 Å². The van der Waals surface area contributed by atoms with Gasteiger partial charge in [0.2, 0.25) is 0 Å². The summed E-state index contributed by atoms with van der Waals surface area (Å²) in [5.74, 6) is 0.691. The maximum Gasteiger partial charge on any atom is 0.410 e. The highest BCUT2D eigenvalue weighted by molar-refractivity contribution is 9.10. The fourth-order valence-electron chi connectivity index (χ4n) is 4.82. The Morgan fingerprint density at radius 1 is 1.09 bits per heavy atom. The summed E-state index contributed by atoms with van der Waals surface area (Å²) in [5, 5.41) is 1.72. The Labute approximate surface area is 208 Å². The van der Waals surface area contributed by atoms with Gasteiger partial charge in [-0.3, -0.25) is 9.36 Å². The largest absolute Gasteiger partial charge is 0.444 e. The van der Waals surface area contributed by atoms with Gasteiger partial charge in [0.1, 0.15) is 5.60 Å². The number of pyridine rings is 1. The molecule has 2 heterocycles. The summed E-state index contributed by atoms with van der Waals surface area (Å²) in [6, 6.07) is 14.5. The van der Waals surface area contributed by atoms with Crippen molar-refractivity contribution in [2.45, 2.75) is 64.4 Å². The molecule has 6 heteroatoms. The molecule has 178 valence electrons. The second kappa shape index (κ2) is 8.56. The molecule has 34 heavy (non-hydrogen) atoms. The average Bonchev–Trinajstić information content (AvgIpc) is 3.56. The van der Waals surface area contributed by atoms with Crippen molar-refractivity contribution >= 4 is 32.8 Å². The SMILES string of the molecule is CCc1c(Br)cccc1-n1c(C2CN(C(=O)OC(C)(C)C)C2)cc2cc(C3CC3)ccc2c1=O. The molecule has 0 bridgehead atoms. The number of likely N-dealkylation sites (tertiary alicyclic amines) is 1. The van der Waals surface area contributed by atoms with Gasteiger partial charge in [-0.1, -0.05) is 41.1 Å². The molecule has 1 aliphatic carbocycles. The maximum absolute atomic E-state index is 13.9. The molecule has 2 aromatic carbocycles. The van der Waals surface area contributed by atoms with Gasteiger partial charge in [-0.15, -0.1) is 0 Å².